The third-order valence-electron chi connectivity index (χ3n) is 6.05. The average Bonchev–Trinajstić information content (AvgIpc) is 2.88. The molecule has 0 radical (unpaired) electrons. The van der Waals surface area contributed by atoms with Crippen LogP contribution in [0.3, 0.4) is 0 Å². The summed E-state index contributed by atoms with van der Waals surface area (Å²) >= 11 is 0. The van der Waals surface area contributed by atoms with Crippen molar-refractivity contribution in [1.82, 2.24) is 10.6 Å². The molecule has 2 amide bonds. The van der Waals surface area contributed by atoms with E-state index < -0.39 is 40.9 Å². The zero-order valence-electron chi connectivity index (χ0n) is 21.0. The molecule has 0 aliphatic rings. The summed E-state index contributed by atoms with van der Waals surface area (Å²) in [5.41, 5.74) is 17.3. The molecule has 0 unspecified atom stereocenters. The number of benzene rings is 3. The standard InChI is InChI=1S/C27H33N7O4/c28-23(18-19-7-2-1-3-8-19)24(35)32-27(33-26(29)30,14-6-16-34(37)38)25(36)31-15-13-20-11-12-21-9-4-5-10-22(21)17-20/h1-5,7-12,17,23H,6,13-16,18,28H2,(H,31,36)(H,32,35)(H4,29,30,33)/t23-,27-/m1/s1. The summed E-state index contributed by atoms with van der Waals surface area (Å²) in [6.45, 7) is -0.210. The van der Waals surface area contributed by atoms with Crippen LogP contribution in [0.5, 0.6) is 0 Å². The minimum absolute atomic E-state index is 0.0594. The molecule has 11 nitrogen and oxygen atoms in total. The SMILES string of the molecule is NC(N)=N[C@@](CCC[N+](=O)[O-])(NC(=O)[C@H](N)Cc1ccccc1)C(=O)NCCc1ccc2ccccc2c1. The smallest absolute Gasteiger partial charge is 0.268 e. The fourth-order valence-electron chi connectivity index (χ4n) is 4.17. The van der Waals surface area contributed by atoms with Crippen LogP contribution in [0.1, 0.15) is 24.0 Å². The molecule has 0 aliphatic carbocycles. The number of nitrogens with one attached hydrogen (secondary N) is 2. The van der Waals surface area contributed by atoms with Gasteiger partial charge < -0.3 is 27.8 Å². The fraction of sp³-hybridized carbons (Fsp3) is 0.296. The van der Waals surface area contributed by atoms with E-state index in [1.165, 1.54) is 0 Å². The van der Waals surface area contributed by atoms with E-state index >= 15 is 0 Å². The minimum atomic E-state index is -1.95. The first-order chi connectivity index (χ1) is 18.2. The molecule has 3 rings (SSSR count). The molecular formula is C27H33N7O4. The van der Waals surface area contributed by atoms with E-state index in [1.807, 2.05) is 72.8 Å². The third kappa shape index (κ3) is 8.00. The van der Waals surface area contributed by atoms with Crippen LogP contribution >= 0.6 is 0 Å². The number of nitrogens with two attached hydrogens (primary N) is 3. The molecule has 0 aliphatic heterocycles. The first kappa shape index (κ1) is 28.1. The van der Waals surface area contributed by atoms with Crippen molar-refractivity contribution in [2.75, 3.05) is 13.1 Å². The number of amides is 2. The summed E-state index contributed by atoms with van der Waals surface area (Å²) in [5.74, 6) is -1.80. The van der Waals surface area contributed by atoms with Crippen LogP contribution in [-0.4, -0.2) is 47.5 Å². The average molecular weight is 520 g/mol. The van der Waals surface area contributed by atoms with E-state index in [0.717, 1.165) is 21.9 Å². The lowest BCUT2D eigenvalue weighted by atomic mass is 10.00. The predicted molar refractivity (Wildman–Crippen MR) is 147 cm³/mol. The second kappa shape index (κ2) is 13.2. The van der Waals surface area contributed by atoms with Gasteiger partial charge in [0, 0.05) is 24.3 Å². The third-order valence-corrected chi connectivity index (χ3v) is 6.05. The zero-order chi connectivity index (χ0) is 27.5. The van der Waals surface area contributed by atoms with E-state index in [2.05, 4.69) is 15.6 Å². The van der Waals surface area contributed by atoms with Crippen molar-refractivity contribution in [3.8, 4) is 0 Å². The normalized spacial score (nSPS) is 13.2. The Labute approximate surface area is 220 Å². The maximum absolute atomic E-state index is 13.4. The lowest BCUT2D eigenvalue weighted by Gasteiger charge is -2.30. The van der Waals surface area contributed by atoms with Gasteiger partial charge in [0.25, 0.3) is 5.91 Å². The predicted octanol–water partition coefficient (Wildman–Crippen LogP) is 1.21. The highest BCUT2D eigenvalue weighted by Gasteiger charge is 2.41. The minimum Gasteiger partial charge on any atom is -0.370 e. The second-order valence-corrected chi connectivity index (χ2v) is 9.03. The Hall–Kier alpha value is -4.51. The van der Waals surface area contributed by atoms with Gasteiger partial charge in [-0.3, -0.25) is 19.7 Å². The zero-order valence-corrected chi connectivity index (χ0v) is 21.0. The summed E-state index contributed by atoms with van der Waals surface area (Å²) in [5, 5.41) is 18.5. The van der Waals surface area contributed by atoms with Gasteiger partial charge in [-0.25, -0.2) is 4.99 Å². The van der Waals surface area contributed by atoms with Gasteiger partial charge >= 0.3 is 0 Å². The number of carbonyl (C=O) groups excluding carboxylic acids is 2. The highest BCUT2D eigenvalue weighted by atomic mass is 16.6. The van der Waals surface area contributed by atoms with E-state index in [4.69, 9.17) is 17.2 Å². The molecule has 0 saturated carbocycles. The number of guanidine groups is 1. The van der Waals surface area contributed by atoms with E-state index in [-0.39, 0.29) is 25.8 Å². The summed E-state index contributed by atoms with van der Waals surface area (Å²) in [6, 6.07) is 22.1. The molecule has 0 saturated heterocycles. The van der Waals surface area contributed by atoms with Gasteiger partial charge in [-0.2, -0.15) is 0 Å². The van der Waals surface area contributed by atoms with Gasteiger partial charge in [0.15, 0.2) is 5.96 Å². The summed E-state index contributed by atoms with van der Waals surface area (Å²) in [4.78, 5) is 41.0. The Morgan fingerprint density at radius 2 is 1.66 bits per heavy atom. The molecule has 38 heavy (non-hydrogen) atoms. The van der Waals surface area contributed by atoms with E-state index in [0.29, 0.717) is 6.42 Å². The van der Waals surface area contributed by atoms with Crippen LogP contribution in [0.4, 0.5) is 0 Å². The van der Waals surface area contributed by atoms with Crippen molar-refractivity contribution >= 4 is 28.5 Å². The van der Waals surface area contributed by atoms with Gasteiger partial charge in [0.2, 0.25) is 18.1 Å². The second-order valence-electron chi connectivity index (χ2n) is 9.03. The van der Waals surface area contributed by atoms with Crippen LogP contribution in [0, 0.1) is 10.1 Å². The quantitative estimate of drug-likeness (QED) is 0.0969. The Morgan fingerprint density at radius 3 is 2.34 bits per heavy atom. The maximum atomic E-state index is 13.4. The highest BCUT2D eigenvalue weighted by molar-refractivity contribution is 5.95. The topological polar surface area (TPSA) is 192 Å². The number of carbonyl (C=O) groups is 2. The number of fused-ring (bicyclic) bond motifs is 1. The maximum Gasteiger partial charge on any atom is 0.268 e. The van der Waals surface area contributed by atoms with Gasteiger partial charge in [-0.05, 0) is 34.7 Å². The molecule has 0 aromatic heterocycles. The first-order valence-electron chi connectivity index (χ1n) is 12.3. The lowest BCUT2D eigenvalue weighted by molar-refractivity contribution is -0.480. The van der Waals surface area contributed by atoms with Crippen molar-refractivity contribution < 1.29 is 14.5 Å². The number of rotatable bonds is 13. The molecule has 2 atom stereocenters. The number of nitro groups is 1. The fourth-order valence-corrected chi connectivity index (χ4v) is 4.17. The molecular weight excluding hydrogens is 486 g/mol. The van der Waals surface area contributed by atoms with Gasteiger partial charge in [0.05, 0.1) is 6.04 Å². The molecule has 0 fully saturated rings. The Kier molecular flexibility index (Phi) is 9.72. The van der Waals surface area contributed by atoms with Crippen LogP contribution in [-0.2, 0) is 22.4 Å². The Balaban J connectivity index is 1.76. The molecule has 200 valence electrons. The van der Waals surface area contributed by atoms with E-state index in [1.54, 1.807) is 0 Å². The van der Waals surface area contributed by atoms with Gasteiger partial charge in [-0.1, -0.05) is 72.8 Å². The molecule has 0 bridgehead atoms. The van der Waals surface area contributed by atoms with Crippen LogP contribution in [0.2, 0.25) is 0 Å². The first-order valence-corrected chi connectivity index (χ1v) is 12.3. The number of hydrogen-bond acceptors (Lipinski definition) is 6. The molecule has 3 aromatic rings. The summed E-state index contributed by atoms with van der Waals surface area (Å²) < 4.78 is 0. The number of nitrogens with zero attached hydrogens (tertiary/aromatic N) is 2. The van der Waals surface area contributed by atoms with E-state index in [9.17, 15) is 19.7 Å². The highest BCUT2D eigenvalue weighted by Crippen LogP contribution is 2.18. The Morgan fingerprint density at radius 1 is 0.974 bits per heavy atom. The monoisotopic (exact) mass is 519 g/mol. The van der Waals surface area contributed by atoms with Crippen LogP contribution in [0.15, 0.2) is 77.8 Å². The van der Waals surface area contributed by atoms with Gasteiger partial charge in [0.1, 0.15) is 0 Å². The van der Waals surface area contributed by atoms with Gasteiger partial charge in [-0.15, -0.1) is 0 Å². The Bertz CT molecular complexity index is 1290. The summed E-state index contributed by atoms with van der Waals surface area (Å²) in [6.07, 6.45) is 0.460. The van der Waals surface area contributed by atoms with Crippen LogP contribution in [0.25, 0.3) is 10.8 Å². The number of aliphatic imine (C=N–C) groups is 1. The molecule has 11 heteroatoms. The van der Waals surface area contributed by atoms with Crippen molar-refractivity contribution in [3.05, 3.63) is 94.0 Å². The molecule has 3 aromatic carbocycles. The molecule has 0 heterocycles. The largest absolute Gasteiger partial charge is 0.370 e. The number of hydrogen-bond donors (Lipinski definition) is 5. The van der Waals surface area contributed by atoms with Crippen LogP contribution < -0.4 is 27.8 Å². The van der Waals surface area contributed by atoms with Crippen molar-refractivity contribution in [2.24, 2.45) is 22.2 Å². The lowest BCUT2D eigenvalue weighted by Crippen LogP contribution is -2.62. The molecule has 0 spiro atoms. The van der Waals surface area contributed by atoms with Crippen molar-refractivity contribution in [1.29, 1.82) is 0 Å². The van der Waals surface area contributed by atoms with Crippen molar-refractivity contribution in [3.63, 3.8) is 0 Å². The molecule has 8 N–H and O–H groups in total. The van der Waals surface area contributed by atoms with Crippen molar-refractivity contribution in [2.45, 2.75) is 37.4 Å². The summed E-state index contributed by atoms with van der Waals surface area (Å²) in [7, 11) is 0.